The van der Waals surface area contributed by atoms with E-state index in [0.29, 0.717) is 0 Å². The molecule has 1 heteroatoms. The minimum absolute atomic E-state index is 0.744. The van der Waals surface area contributed by atoms with Crippen LogP contribution in [0.3, 0.4) is 0 Å². The summed E-state index contributed by atoms with van der Waals surface area (Å²) < 4.78 is 0. The van der Waals surface area contributed by atoms with Gasteiger partial charge in [0.1, 0.15) is 0 Å². The number of nitrogens with one attached hydrogen (secondary N) is 1. The molecule has 0 saturated heterocycles. The van der Waals surface area contributed by atoms with Crippen molar-refractivity contribution in [3.63, 3.8) is 0 Å². The average molecular weight is 211 g/mol. The van der Waals surface area contributed by atoms with Crippen molar-refractivity contribution >= 4 is 0 Å². The molecule has 0 radical (unpaired) electrons. The van der Waals surface area contributed by atoms with Crippen molar-refractivity contribution in [2.75, 3.05) is 13.1 Å². The van der Waals surface area contributed by atoms with Gasteiger partial charge in [0.05, 0.1) is 0 Å². The van der Waals surface area contributed by atoms with Crippen molar-refractivity contribution in [1.82, 2.24) is 5.32 Å². The Morgan fingerprint density at radius 1 is 1.20 bits per heavy atom. The predicted molar refractivity (Wildman–Crippen MR) is 68.1 cm³/mol. The maximum absolute atomic E-state index is 3.62. The van der Waals surface area contributed by atoms with Crippen LogP contribution in [-0.2, 0) is 0 Å². The summed E-state index contributed by atoms with van der Waals surface area (Å²) in [7, 11) is 0. The monoisotopic (exact) mass is 211 g/mol. The molecule has 1 N–H and O–H groups in total. The first-order valence-electron chi connectivity index (χ1n) is 6.85. The van der Waals surface area contributed by atoms with Gasteiger partial charge >= 0.3 is 0 Å². The SMILES string of the molecule is CCCC1(CCC)CC1CNCC(C)C. The Morgan fingerprint density at radius 3 is 2.27 bits per heavy atom. The maximum atomic E-state index is 3.62. The second-order valence-electron chi connectivity index (χ2n) is 5.82. The number of hydrogen-bond acceptors (Lipinski definition) is 1. The predicted octanol–water partition coefficient (Wildman–Crippen LogP) is 3.84. The molecule has 0 aromatic rings. The Bertz CT molecular complexity index is 168. The lowest BCUT2D eigenvalue weighted by molar-refractivity contribution is 0.366. The number of hydrogen-bond donors (Lipinski definition) is 1. The van der Waals surface area contributed by atoms with Crippen molar-refractivity contribution in [3.05, 3.63) is 0 Å². The lowest BCUT2D eigenvalue weighted by atomic mass is 9.92. The second-order valence-corrected chi connectivity index (χ2v) is 5.82. The van der Waals surface area contributed by atoms with Gasteiger partial charge in [0, 0.05) is 0 Å². The van der Waals surface area contributed by atoms with Gasteiger partial charge in [-0.3, -0.25) is 0 Å². The van der Waals surface area contributed by atoms with E-state index in [9.17, 15) is 0 Å². The van der Waals surface area contributed by atoms with Crippen LogP contribution in [0.15, 0.2) is 0 Å². The van der Waals surface area contributed by atoms with E-state index in [1.165, 1.54) is 45.2 Å². The molecule has 0 aliphatic heterocycles. The maximum Gasteiger partial charge on any atom is -0.00149 e. The van der Waals surface area contributed by atoms with Crippen molar-refractivity contribution in [2.45, 2.75) is 59.8 Å². The van der Waals surface area contributed by atoms with Crippen LogP contribution < -0.4 is 5.32 Å². The summed E-state index contributed by atoms with van der Waals surface area (Å²) in [6.07, 6.45) is 7.12. The van der Waals surface area contributed by atoms with E-state index >= 15 is 0 Å². The van der Waals surface area contributed by atoms with Gasteiger partial charge in [-0.05, 0) is 49.6 Å². The Morgan fingerprint density at radius 2 is 1.80 bits per heavy atom. The van der Waals surface area contributed by atoms with Gasteiger partial charge in [0.15, 0.2) is 0 Å². The van der Waals surface area contributed by atoms with E-state index in [0.717, 1.165) is 17.3 Å². The molecule has 1 nitrogen and oxygen atoms in total. The molecular formula is C14H29N. The third-order valence-electron chi connectivity index (χ3n) is 3.80. The molecule has 0 spiro atoms. The molecule has 1 aliphatic carbocycles. The molecule has 90 valence electrons. The topological polar surface area (TPSA) is 12.0 Å². The fourth-order valence-electron chi connectivity index (χ4n) is 3.00. The Kier molecular flexibility index (Phi) is 5.11. The van der Waals surface area contributed by atoms with E-state index in [-0.39, 0.29) is 0 Å². The molecule has 0 aromatic carbocycles. The van der Waals surface area contributed by atoms with Crippen molar-refractivity contribution in [3.8, 4) is 0 Å². The molecule has 0 bridgehead atoms. The van der Waals surface area contributed by atoms with Crippen LogP contribution in [-0.4, -0.2) is 13.1 Å². The molecule has 0 aromatic heterocycles. The highest BCUT2D eigenvalue weighted by atomic mass is 14.9. The molecule has 15 heavy (non-hydrogen) atoms. The Labute approximate surface area is 96.0 Å². The van der Waals surface area contributed by atoms with Gasteiger partial charge in [0.2, 0.25) is 0 Å². The highest BCUT2D eigenvalue weighted by Crippen LogP contribution is 2.58. The molecule has 1 unspecified atom stereocenters. The summed E-state index contributed by atoms with van der Waals surface area (Å²) in [6.45, 7) is 11.7. The minimum Gasteiger partial charge on any atom is -0.316 e. The van der Waals surface area contributed by atoms with E-state index in [4.69, 9.17) is 0 Å². The number of rotatable bonds is 8. The van der Waals surface area contributed by atoms with Crippen LogP contribution in [0.2, 0.25) is 0 Å². The van der Waals surface area contributed by atoms with Gasteiger partial charge in [0.25, 0.3) is 0 Å². The molecule has 1 saturated carbocycles. The fourth-order valence-corrected chi connectivity index (χ4v) is 3.00. The summed E-state index contributed by atoms with van der Waals surface area (Å²) in [5, 5.41) is 3.62. The zero-order valence-electron chi connectivity index (χ0n) is 11.1. The third kappa shape index (κ3) is 3.79. The normalized spacial score (nSPS) is 23.4. The molecule has 0 amide bonds. The van der Waals surface area contributed by atoms with Gasteiger partial charge in [-0.15, -0.1) is 0 Å². The van der Waals surface area contributed by atoms with Crippen LogP contribution >= 0.6 is 0 Å². The largest absolute Gasteiger partial charge is 0.316 e. The molecule has 1 atom stereocenters. The lowest BCUT2D eigenvalue weighted by Crippen LogP contribution is -2.24. The molecule has 1 aliphatic rings. The Balaban J connectivity index is 2.21. The fraction of sp³-hybridized carbons (Fsp3) is 1.00. The zero-order valence-corrected chi connectivity index (χ0v) is 11.1. The molecule has 1 rings (SSSR count). The molecule has 1 fully saturated rings. The minimum atomic E-state index is 0.744. The van der Waals surface area contributed by atoms with E-state index in [2.05, 4.69) is 33.0 Å². The smallest absolute Gasteiger partial charge is 0.00149 e. The summed E-state index contributed by atoms with van der Waals surface area (Å²) in [6, 6.07) is 0. The van der Waals surface area contributed by atoms with Crippen molar-refractivity contribution in [2.24, 2.45) is 17.3 Å². The van der Waals surface area contributed by atoms with Crippen LogP contribution in [0.5, 0.6) is 0 Å². The van der Waals surface area contributed by atoms with Gasteiger partial charge in [-0.1, -0.05) is 40.5 Å². The summed E-state index contributed by atoms with van der Waals surface area (Å²) in [4.78, 5) is 0. The molecular weight excluding hydrogens is 182 g/mol. The lowest BCUT2D eigenvalue weighted by Gasteiger charge is -2.16. The highest BCUT2D eigenvalue weighted by Gasteiger charge is 2.51. The quantitative estimate of drug-likeness (QED) is 0.643. The summed E-state index contributed by atoms with van der Waals surface area (Å²) in [5.74, 6) is 1.77. The zero-order chi connectivity index (χ0) is 11.3. The highest BCUT2D eigenvalue weighted by molar-refractivity contribution is 5.02. The second kappa shape index (κ2) is 5.89. The van der Waals surface area contributed by atoms with E-state index in [1.807, 2.05) is 0 Å². The van der Waals surface area contributed by atoms with Gasteiger partial charge in [-0.25, -0.2) is 0 Å². The molecule has 0 heterocycles. The van der Waals surface area contributed by atoms with Gasteiger partial charge in [-0.2, -0.15) is 0 Å². The summed E-state index contributed by atoms with van der Waals surface area (Å²) in [5.41, 5.74) is 0.744. The standard InChI is InChI=1S/C14H29N/c1-5-7-14(8-6-2)9-13(14)11-15-10-12(3)4/h12-13,15H,5-11H2,1-4H3. The first kappa shape index (κ1) is 13.0. The van der Waals surface area contributed by atoms with Crippen molar-refractivity contribution < 1.29 is 0 Å². The van der Waals surface area contributed by atoms with E-state index in [1.54, 1.807) is 0 Å². The summed E-state index contributed by atoms with van der Waals surface area (Å²) >= 11 is 0. The van der Waals surface area contributed by atoms with Crippen LogP contribution in [0.1, 0.15) is 59.8 Å². The van der Waals surface area contributed by atoms with Crippen molar-refractivity contribution in [1.29, 1.82) is 0 Å². The van der Waals surface area contributed by atoms with Crippen LogP contribution in [0, 0.1) is 17.3 Å². The average Bonchev–Trinajstić information content (AvgIpc) is 2.79. The van der Waals surface area contributed by atoms with E-state index < -0.39 is 0 Å². The van der Waals surface area contributed by atoms with Crippen LogP contribution in [0.25, 0.3) is 0 Å². The first-order valence-corrected chi connectivity index (χ1v) is 6.85. The Hall–Kier alpha value is -0.0400. The van der Waals surface area contributed by atoms with Gasteiger partial charge < -0.3 is 5.32 Å². The third-order valence-corrected chi connectivity index (χ3v) is 3.80. The first-order chi connectivity index (χ1) is 7.14. The van der Waals surface area contributed by atoms with Crippen LogP contribution in [0.4, 0.5) is 0 Å².